The van der Waals surface area contributed by atoms with E-state index < -0.39 is 0 Å². The van der Waals surface area contributed by atoms with E-state index in [2.05, 4.69) is 4.98 Å². The van der Waals surface area contributed by atoms with Crippen LogP contribution in [0.3, 0.4) is 0 Å². The molecule has 0 saturated carbocycles. The van der Waals surface area contributed by atoms with Crippen LogP contribution in [0.5, 0.6) is 11.5 Å². The molecule has 1 unspecified atom stereocenters. The first-order valence-electron chi connectivity index (χ1n) is 6.81. The molecule has 0 radical (unpaired) electrons. The number of hydrogen-bond donors (Lipinski definition) is 1. The van der Waals surface area contributed by atoms with E-state index in [0.717, 1.165) is 22.6 Å². The van der Waals surface area contributed by atoms with Crippen LogP contribution in [0.4, 0.5) is 0 Å². The van der Waals surface area contributed by atoms with Gasteiger partial charge < -0.3 is 15.2 Å². The van der Waals surface area contributed by atoms with E-state index in [9.17, 15) is 0 Å². The average molecular weight is 272 g/mol. The number of benzene rings is 1. The molecule has 0 saturated heterocycles. The molecule has 20 heavy (non-hydrogen) atoms. The third-order valence-corrected chi connectivity index (χ3v) is 2.96. The summed E-state index contributed by atoms with van der Waals surface area (Å²) >= 11 is 0. The Bertz CT molecular complexity index is 558. The van der Waals surface area contributed by atoms with Gasteiger partial charge in [-0.3, -0.25) is 4.98 Å². The first-order valence-corrected chi connectivity index (χ1v) is 6.81. The van der Waals surface area contributed by atoms with Crippen molar-refractivity contribution in [1.82, 2.24) is 4.98 Å². The topological polar surface area (TPSA) is 57.4 Å². The van der Waals surface area contributed by atoms with E-state index in [1.54, 1.807) is 12.4 Å². The van der Waals surface area contributed by atoms with Crippen molar-refractivity contribution in [2.45, 2.75) is 19.9 Å². The van der Waals surface area contributed by atoms with E-state index in [1.807, 2.05) is 44.2 Å². The Morgan fingerprint density at radius 2 is 1.85 bits per heavy atom. The molecule has 4 heteroatoms. The monoisotopic (exact) mass is 272 g/mol. The number of aromatic nitrogens is 1. The van der Waals surface area contributed by atoms with Gasteiger partial charge in [0.15, 0.2) is 0 Å². The lowest BCUT2D eigenvalue weighted by Gasteiger charge is -2.17. The van der Waals surface area contributed by atoms with Gasteiger partial charge in [-0.15, -0.1) is 0 Å². The van der Waals surface area contributed by atoms with Crippen LogP contribution in [0.2, 0.25) is 0 Å². The molecule has 4 nitrogen and oxygen atoms in total. The summed E-state index contributed by atoms with van der Waals surface area (Å²) < 4.78 is 11.1. The van der Waals surface area contributed by atoms with Crippen molar-refractivity contribution in [2.75, 3.05) is 13.2 Å². The standard InChI is InChI=1S/C16H20N2O2/c1-3-19-13-9-12(10-18-11-13)16(17)14-7-5-6-8-15(14)20-4-2/h5-11,16H,3-4,17H2,1-2H3. The minimum atomic E-state index is -0.286. The highest BCUT2D eigenvalue weighted by Crippen LogP contribution is 2.29. The molecule has 106 valence electrons. The van der Waals surface area contributed by atoms with Crippen LogP contribution in [0.15, 0.2) is 42.7 Å². The molecule has 1 aromatic carbocycles. The lowest BCUT2D eigenvalue weighted by molar-refractivity contribution is 0.334. The fourth-order valence-electron chi connectivity index (χ4n) is 2.06. The summed E-state index contributed by atoms with van der Waals surface area (Å²) in [5.74, 6) is 1.54. The van der Waals surface area contributed by atoms with Crippen LogP contribution in [-0.4, -0.2) is 18.2 Å². The number of nitrogens with zero attached hydrogens (tertiary/aromatic N) is 1. The van der Waals surface area contributed by atoms with E-state index in [4.69, 9.17) is 15.2 Å². The molecule has 0 aliphatic rings. The summed E-state index contributed by atoms with van der Waals surface area (Å²) in [6.07, 6.45) is 3.45. The molecule has 0 spiro atoms. The minimum Gasteiger partial charge on any atom is -0.494 e. The number of nitrogens with two attached hydrogens (primary N) is 1. The zero-order chi connectivity index (χ0) is 14.4. The molecule has 1 aromatic heterocycles. The highest BCUT2D eigenvalue weighted by Gasteiger charge is 2.14. The van der Waals surface area contributed by atoms with Crippen LogP contribution >= 0.6 is 0 Å². The predicted octanol–water partition coefficient (Wildman–Crippen LogP) is 2.93. The Balaban J connectivity index is 2.30. The fraction of sp³-hybridized carbons (Fsp3) is 0.312. The van der Waals surface area contributed by atoms with Gasteiger partial charge in [0.05, 0.1) is 25.5 Å². The Kier molecular flexibility index (Phi) is 4.96. The molecule has 0 amide bonds. The van der Waals surface area contributed by atoms with E-state index in [0.29, 0.717) is 13.2 Å². The van der Waals surface area contributed by atoms with Crippen LogP contribution in [0, 0.1) is 0 Å². The lowest BCUT2D eigenvalue weighted by atomic mass is 10.00. The normalized spacial score (nSPS) is 11.9. The summed E-state index contributed by atoms with van der Waals surface area (Å²) in [5.41, 5.74) is 8.19. The maximum atomic E-state index is 6.34. The van der Waals surface area contributed by atoms with Crippen molar-refractivity contribution in [3.8, 4) is 11.5 Å². The summed E-state index contributed by atoms with van der Waals surface area (Å²) in [4.78, 5) is 4.18. The molecule has 2 N–H and O–H groups in total. The van der Waals surface area contributed by atoms with Crippen molar-refractivity contribution >= 4 is 0 Å². The largest absolute Gasteiger partial charge is 0.494 e. The predicted molar refractivity (Wildman–Crippen MR) is 79.0 cm³/mol. The molecular weight excluding hydrogens is 252 g/mol. The molecule has 0 aliphatic carbocycles. The average Bonchev–Trinajstić information content (AvgIpc) is 2.48. The van der Waals surface area contributed by atoms with Gasteiger partial charge in [0.25, 0.3) is 0 Å². The highest BCUT2D eigenvalue weighted by atomic mass is 16.5. The Morgan fingerprint density at radius 3 is 2.60 bits per heavy atom. The fourth-order valence-corrected chi connectivity index (χ4v) is 2.06. The first-order chi connectivity index (χ1) is 9.76. The zero-order valence-corrected chi connectivity index (χ0v) is 11.9. The maximum Gasteiger partial charge on any atom is 0.137 e. The maximum absolute atomic E-state index is 6.34. The third-order valence-electron chi connectivity index (χ3n) is 2.96. The van der Waals surface area contributed by atoms with Crippen LogP contribution in [0.25, 0.3) is 0 Å². The summed E-state index contributed by atoms with van der Waals surface area (Å²) in [6.45, 7) is 5.12. The highest BCUT2D eigenvalue weighted by molar-refractivity contribution is 5.41. The second kappa shape index (κ2) is 6.91. The SMILES string of the molecule is CCOc1cncc(C(N)c2ccccc2OCC)c1. The number of para-hydroxylation sites is 1. The van der Waals surface area contributed by atoms with Gasteiger partial charge in [-0.25, -0.2) is 0 Å². The first kappa shape index (κ1) is 14.3. The van der Waals surface area contributed by atoms with Crippen molar-refractivity contribution < 1.29 is 9.47 Å². The second-order valence-electron chi connectivity index (χ2n) is 4.34. The lowest BCUT2D eigenvalue weighted by Crippen LogP contribution is -2.14. The number of rotatable bonds is 6. The molecule has 1 heterocycles. The molecule has 1 atom stereocenters. The summed E-state index contributed by atoms with van der Waals surface area (Å²) in [6, 6.07) is 9.43. The molecule has 0 bridgehead atoms. The van der Waals surface area contributed by atoms with Gasteiger partial charge in [0, 0.05) is 11.8 Å². The Labute approximate surface area is 119 Å². The third kappa shape index (κ3) is 3.27. The minimum absolute atomic E-state index is 0.286. The molecule has 0 fully saturated rings. The van der Waals surface area contributed by atoms with Crippen LogP contribution in [0.1, 0.15) is 31.0 Å². The van der Waals surface area contributed by atoms with Gasteiger partial charge >= 0.3 is 0 Å². The van der Waals surface area contributed by atoms with Gasteiger partial charge in [0.1, 0.15) is 11.5 Å². The van der Waals surface area contributed by atoms with E-state index in [-0.39, 0.29) is 6.04 Å². The Hall–Kier alpha value is -2.07. The van der Waals surface area contributed by atoms with Gasteiger partial charge in [-0.05, 0) is 31.5 Å². The van der Waals surface area contributed by atoms with Gasteiger partial charge in [-0.2, -0.15) is 0 Å². The molecule has 0 aliphatic heterocycles. The number of pyridine rings is 1. The summed E-state index contributed by atoms with van der Waals surface area (Å²) in [5, 5.41) is 0. The molecule has 2 rings (SSSR count). The molecule has 2 aromatic rings. The second-order valence-corrected chi connectivity index (χ2v) is 4.34. The van der Waals surface area contributed by atoms with Crippen molar-refractivity contribution in [1.29, 1.82) is 0 Å². The van der Waals surface area contributed by atoms with Crippen molar-refractivity contribution in [3.63, 3.8) is 0 Å². The Morgan fingerprint density at radius 1 is 1.10 bits per heavy atom. The number of ether oxygens (including phenoxy) is 2. The van der Waals surface area contributed by atoms with Crippen molar-refractivity contribution in [3.05, 3.63) is 53.9 Å². The van der Waals surface area contributed by atoms with E-state index >= 15 is 0 Å². The van der Waals surface area contributed by atoms with Gasteiger partial charge in [-0.1, -0.05) is 18.2 Å². The smallest absolute Gasteiger partial charge is 0.137 e. The molecular formula is C16H20N2O2. The van der Waals surface area contributed by atoms with Crippen LogP contribution in [-0.2, 0) is 0 Å². The quantitative estimate of drug-likeness (QED) is 0.878. The summed E-state index contributed by atoms with van der Waals surface area (Å²) in [7, 11) is 0. The van der Waals surface area contributed by atoms with Crippen molar-refractivity contribution in [2.24, 2.45) is 5.73 Å². The zero-order valence-electron chi connectivity index (χ0n) is 11.9. The van der Waals surface area contributed by atoms with E-state index in [1.165, 1.54) is 0 Å². The van der Waals surface area contributed by atoms with Gasteiger partial charge in [0.2, 0.25) is 0 Å². The van der Waals surface area contributed by atoms with Crippen LogP contribution < -0.4 is 15.2 Å². The number of hydrogen-bond acceptors (Lipinski definition) is 4.